The van der Waals surface area contributed by atoms with E-state index in [0.29, 0.717) is 0 Å². The molecule has 0 aliphatic carbocycles. The highest BCUT2D eigenvalue weighted by Gasteiger charge is 2.03. The van der Waals surface area contributed by atoms with Crippen molar-refractivity contribution in [3.8, 4) is 0 Å². The summed E-state index contributed by atoms with van der Waals surface area (Å²) in [5, 5.41) is 6.27. The molecule has 0 fully saturated rings. The number of hydrogen-bond donors (Lipinski definition) is 2. The van der Waals surface area contributed by atoms with Crippen LogP contribution in [0, 0.1) is 0 Å². The lowest BCUT2D eigenvalue weighted by atomic mass is 10.2. The van der Waals surface area contributed by atoms with Gasteiger partial charge in [0.2, 0.25) is 0 Å². The number of rotatable bonds is 10. The van der Waals surface area contributed by atoms with Gasteiger partial charge in [0.25, 0.3) is 5.91 Å². The average Bonchev–Trinajstić information content (AvgIpc) is 2.49. The van der Waals surface area contributed by atoms with Crippen LogP contribution < -0.4 is 10.6 Å². The molecular formula is C16H27N3O. The molecule has 20 heavy (non-hydrogen) atoms. The third kappa shape index (κ3) is 7.26. The normalized spacial score (nSPS) is 10.8. The Balaban J connectivity index is 2.05. The number of amides is 1. The van der Waals surface area contributed by atoms with E-state index in [4.69, 9.17) is 0 Å². The molecule has 0 aliphatic heterocycles. The third-order valence-electron chi connectivity index (χ3n) is 3.18. The second kappa shape index (κ2) is 10.4. The zero-order valence-corrected chi connectivity index (χ0v) is 12.7. The molecule has 2 N–H and O–H groups in total. The van der Waals surface area contributed by atoms with E-state index >= 15 is 0 Å². The van der Waals surface area contributed by atoms with Gasteiger partial charge in [-0.3, -0.25) is 4.79 Å². The largest absolute Gasteiger partial charge is 0.352 e. The molecule has 1 amide bonds. The first-order valence-electron chi connectivity index (χ1n) is 7.46. The van der Waals surface area contributed by atoms with Gasteiger partial charge in [0, 0.05) is 12.1 Å². The van der Waals surface area contributed by atoms with Crippen LogP contribution in [0.2, 0.25) is 0 Å². The van der Waals surface area contributed by atoms with Gasteiger partial charge in [-0.15, -0.1) is 0 Å². The Morgan fingerprint density at radius 3 is 2.40 bits per heavy atom. The topological polar surface area (TPSA) is 44.4 Å². The smallest absolute Gasteiger partial charge is 0.251 e. The lowest BCUT2D eigenvalue weighted by Crippen LogP contribution is -2.29. The van der Waals surface area contributed by atoms with E-state index in [2.05, 4.69) is 29.5 Å². The summed E-state index contributed by atoms with van der Waals surface area (Å²) in [6, 6.07) is 9.35. The zero-order chi connectivity index (χ0) is 14.6. The van der Waals surface area contributed by atoms with Crippen LogP contribution in [0.25, 0.3) is 0 Å². The van der Waals surface area contributed by atoms with E-state index in [1.807, 2.05) is 30.3 Å². The van der Waals surface area contributed by atoms with Gasteiger partial charge in [-0.05, 0) is 58.2 Å². The van der Waals surface area contributed by atoms with E-state index < -0.39 is 0 Å². The molecule has 0 bridgehead atoms. The molecule has 0 heterocycles. The maximum absolute atomic E-state index is 11.8. The Morgan fingerprint density at radius 1 is 1.10 bits per heavy atom. The Hall–Kier alpha value is -1.39. The SMILES string of the molecule is CCNCCCN(C)CCCNC(=O)c1ccccc1. The predicted octanol–water partition coefficient (Wildman–Crippen LogP) is 1.74. The number of benzene rings is 1. The predicted molar refractivity (Wildman–Crippen MR) is 84.0 cm³/mol. The van der Waals surface area contributed by atoms with Gasteiger partial charge in [0.05, 0.1) is 0 Å². The number of nitrogens with zero attached hydrogens (tertiary/aromatic N) is 1. The van der Waals surface area contributed by atoms with Crippen molar-refractivity contribution in [1.29, 1.82) is 0 Å². The molecule has 0 radical (unpaired) electrons. The number of carbonyl (C=O) groups excluding carboxylic acids is 1. The highest BCUT2D eigenvalue weighted by atomic mass is 16.1. The molecule has 0 atom stereocenters. The first-order chi connectivity index (χ1) is 9.74. The summed E-state index contributed by atoms with van der Waals surface area (Å²) in [4.78, 5) is 14.1. The molecule has 0 saturated heterocycles. The second-order valence-corrected chi connectivity index (χ2v) is 4.99. The number of nitrogens with one attached hydrogen (secondary N) is 2. The monoisotopic (exact) mass is 277 g/mol. The van der Waals surface area contributed by atoms with Gasteiger partial charge in [-0.2, -0.15) is 0 Å². The molecule has 112 valence electrons. The second-order valence-electron chi connectivity index (χ2n) is 4.99. The van der Waals surface area contributed by atoms with Gasteiger partial charge in [0.1, 0.15) is 0 Å². The first-order valence-corrected chi connectivity index (χ1v) is 7.46. The summed E-state index contributed by atoms with van der Waals surface area (Å²) in [5.74, 6) is 0.0143. The van der Waals surface area contributed by atoms with E-state index in [-0.39, 0.29) is 5.91 Å². The van der Waals surface area contributed by atoms with Crippen molar-refractivity contribution in [1.82, 2.24) is 15.5 Å². The van der Waals surface area contributed by atoms with Crippen molar-refractivity contribution < 1.29 is 4.79 Å². The molecule has 0 saturated carbocycles. The van der Waals surface area contributed by atoms with Gasteiger partial charge in [-0.1, -0.05) is 25.1 Å². The maximum atomic E-state index is 11.8. The van der Waals surface area contributed by atoms with Crippen molar-refractivity contribution in [3.05, 3.63) is 35.9 Å². The van der Waals surface area contributed by atoms with Crippen LogP contribution in [0.5, 0.6) is 0 Å². The van der Waals surface area contributed by atoms with Crippen molar-refractivity contribution in [2.75, 3.05) is 39.8 Å². The molecule has 1 aromatic carbocycles. The molecule has 4 heteroatoms. The fourth-order valence-corrected chi connectivity index (χ4v) is 2.01. The van der Waals surface area contributed by atoms with E-state index in [0.717, 1.165) is 44.7 Å². The summed E-state index contributed by atoms with van der Waals surface area (Å²) in [6.45, 7) is 7.08. The van der Waals surface area contributed by atoms with Crippen LogP contribution in [-0.2, 0) is 0 Å². The fourth-order valence-electron chi connectivity index (χ4n) is 2.01. The van der Waals surface area contributed by atoms with Crippen molar-refractivity contribution in [2.45, 2.75) is 19.8 Å². The van der Waals surface area contributed by atoms with Crippen LogP contribution in [0.1, 0.15) is 30.1 Å². The molecular weight excluding hydrogens is 250 g/mol. The summed E-state index contributed by atoms with van der Waals surface area (Å²) in [5.41, 5.74) is 0.728. The number of hydrogen-bond acceptors (Lipinski definition) is 3. The Labute approximate surface area is 122 Å². The van der Waals surface area contributed by atoms with Gasteiger partial charge in [0.15, 0.2) is 0 Å². The van der Waals surface area contributed by atoms with Crippen LogP contribution in [0.15, 0.2) is 30.3 Å². The summed E-state index contributed by atoms with van der Waals surface area (Å²) >= 11 is 0. The summed E-state index contributed by atoms with van der Waals surface area (Å²) < 4.78 is 0. The Kier molecular flexibility index (Phi) is 8.67. The number of carbonyl (C=O) groups is 1. The minimum atomic E-state index is 0.0143. The fraction of sp³-hybridized carbons (Fsp3) is 0.562. The Morgan fingerprint density at radius 2 is 1.75 bits per heavy atom. The molecule has 1 rings (SSSR count). The Bertz CT molecular complexity index is 367. The van der Waals surface area contributed by atoms with Crippen LogP contribution in [-0.4, -0.2) is 50.6 Å². The maximum Gasteiger partial charge on any atom is 0.251 e. The van der Waals surface area contributed by atoms with E-state index in [1.54, 1.807) is 0 Å². The average molecular weight is 277 g/mol. The van der Waals surface area contributed by atoms with Crippen molar-refractivity contribution >= 4 is 5.91 Å². The molecule has 0 aromatic heterocycles. The molecule has 0 unspecified atom stereocenters. The first kappa shape index (κ1) is 16.7. The quantitative estimate of drug-likeness (QED) is 0.640. The summed E-state index contributed by atoms with van der Waals surface area (Å²) in [6.07, 6.45) is 2.15. The molecule has 1 aromatic rings. The standard InChI is InChI=1S/C16H27N3O/c1-3-17-11-7-13-19(2)14-8-12-18-16(20)15-9-5-4-6-10-15/h4-6,9-10,17H,3,7-8,11-14H2,1-2H3,(H,18,20). The molecule has 0 aliphatic rings. The summed E-state index contributed by atoms with van der Waals surface area (Å²) in [7, 11) is 2.13. The van der Waals surface area contributed by atoms with E-state index in [9.17, 15) is 4.79 Å². The highest BCUT2D eigenvalue weighted by molar-refractivity contribution is 5.94. The minimum absolute atomic E-state index is 0.0143. The van der Waals surface area contributed by atoms with Crippen LogP contribution in [0.4, 0.5) is 0 Å². The molecule has 4 nitrogen and oxygen atoms in total. The lowest BCUT2D eigenvalue weighted by Gasteiger charge is -2.16. The zero-order valence-electron chi connectivity index (χ0n) is 12.7. The van der Waals surface area contributed by atoms with Gasteiger partial charge < -0.3 is 15.5 Å². The van der Waals surface area contributed by atoms with Crippen LogP contribution >= 0.6 is 0 Å². The van der Waals surface area contributed by atoms with Crippen LogP contribution in [0.3, 0.4) is 0 Å². The van der Waals surface area contributed by atoms with Crippen molar-refractivity contribution in [3.63, 3.8) is 0 Å². The molecule has 0 spiro atoms. The minimum Gasteiger partial charge on any atom is -0.352 e. The van der Waals surface area contributed by atoms with Gasteiger partial charge >= 0.3 is 0 Å². The van der Waals surface area contributed by atoms with Crippen molar-refractivity contribution in [2.24, 2.45) is 0 Å². The lowest BCUT2D eigenvalue weighted by molar-refractivity contribution is 0.0952. The third-order valence-corrected chi connectivity index (χ3v) is 3.18. The van der Waals surface area contributed by atoms with Gasteiger partial charge in [-0.25, -0.2) is 0 Å². The highest BCUT2D eigenvalue weighted by Crippen LogP contribution is 1.97. The van der Waals surface area contributed by atoms with E-state index in [1.165, 1.54) is 6.42 Å².